The van der Waals surface area contributed by atoms with Gasteiger partial charge in [0.15, 0.2) is 0 Å². The van der Waals surface area contributed by atoms with Gasteiger partial charge in [-0.3, -0.25) is 4.79 Å². The highest BCUT2D eigenvalue weighted by Gasteiger charge is 2.05. The largest absolute Gasteiger partial charge is 0.355 e. The van der Waals surface area contributed by atoms with Crippen LogP contribution in [0.2, 0.25) is 0 Å². The fraction of sp³-hybridized carbons (Fsp3) is 0.500. The summed E-state index contributed by atoms with van der Waals surface area (Å²) in [6.45, 7) is 9.11. The van der Waals surface area contributed by atoms with Crippen LogP contribution in [0.15, 0.2) is 23.1 Å². The maximum absolute atomic E-state index is 11.6. The number of amides is 1. The minimum Gasteiger partial charge on any atom is -0.355 e. The smallest absolute Gasteiger partial charge is 0.230 e. The van der Waals surface area contributed by atoms with Crippen LogP contribution in [0, 0.1) is 19.8 Å². The first kappa shape index (κ1) is 14.1. The number of hydrogen-bond acceptors (Lipinski definition) is 2. The summed E-state index contributed by atoms with van der Waals surface area (Å²) in [4.78, 5) is 12.8. The Morgan fingerprint density at radius 1 is 1.35 bits per heavy atom. The van der Waals surface area contributed by atoms with Gasteiger partial charge in [0.2, 0.25) is 5.91 Å². The van der Waals surface area contributed by atoms with Crippen LogP contribution in [0.4, 0.5) is 0 Å². The average Bonchev–Trinajstić information content (AvgIpc) is 2.25. The molecule has 0 aromatic heterocycles. The first-order chi connectivity index (χ1) is 7.99. The molecule has 1 rings (SSSR count). The fourth-order valence-electron chi connectivity index (χ4n) is 1.47. The second kappa shape index (κ2) is 6.70. The molecule has 0 spiro atoms. The van der Waals surface area contributed by atoms with Crippen molar-refractivity contribution in [1.29, 1.82) is 0 Å². The molecule has 0 radical (unpaired) electrons. The molecule has 0 saturated heterocycles. The van der Waals surface area contributed by atoms with Gasteiger partial charge in [-0.15, -0.1) is 11.8 Å². The van der Waals surface area contributed by atoms with E-state index in [1.165, 1.54) is 16.0 Å². The van der Waals surface area contributed by atoms with E-state index < -0.39 is 0 Å². The zero-order valence-corrected chi connectivity index (χ0v) is 11.9. The maximum atomic E-state index is 11.6. The van der Waals surface area contributed by atoms with Gasteiger partial charge in [-0.2, -0.15) is 0 Å². The number of nitrogens with one attached hydrogen (secondary N) is 1. The molecule has 0 aliphatic rings. The van der Waals surface area contributed by atoms with Gasteiger partial charge in [-0.05, 0) is 31.4 Å². The molecule has 94 valence electrons. The Labute approximate surface area is 108 Å². The third-order valence-electron chi connectivity index (χ3n) is 2.40. The van der Waals surface area contributed by atoms with Gasteiger partial charge < -0.3 is 5.32 Å². The third-order valence-corrected chi connectivity index (χ3v) is 3.57. The third kappa shape index (κ3) is 5.26. The van der Waals surface area contributed by atoms with Crippen LogP contribution in [0.1, 0.15) is 25.0 Å². The van der Waals surface area contributed by atoms with Crippen molar-refractivity contribution in [2.75, 3.05) is 12.3 Å². The Morgan fingerprint density at radius 2 is 2.06 bits per heavy atom. The molecule has 3 heteroatoms. The Balaban J connectivity index is 2.42. The molecule has 17 heavy (non-hydrogen) atoms. The van der Waals surface area contributed by atoms with Crippen LogP contribution in [-0.4, -0.2) is 18.2 Å². The minimum absolute atomic E-state index is 0.115. The maximum Gasteiger partial charge on any atom is 0.230 e. The van der Waals surface area contributed by atoms with Crippen molar-refractivity contribution in [2.45, 2.75) is 32.6 Å². The molecule has 2 nitrogen and oxygen atoms in total. The summed E-state index contributed by atoms with van der Waals surface area (Å²) >= 11 is 1.60. The Morgan fingerprint density at radius 3 is 2.65 bits per heavy atom. The lowest BCUT2D eigenvalue weighted by Crippen LogP contribution is -2.28. The molecule has 1 aromatic rings. The van der Waals surface area contributed by atoms with Gasteiger partial charge in [0.1, 0.15) is 0 Å². The first-order valence-electron chi connectivity index (χ1n) is 5.96. The second-order valence-electron chi connectivity index (χ2n) is 4.76. The zero-order valence-electron chi connectivity index (χ0n) is 11.0. The number of carbonyl (C=O) groups excluding carboxylic acids is 1. The highest BCUT2D eigenvalue weighted by atomic mass is 32.2. The fourth-order valence-corrected chi connectivity index (χ4v) is 2.31. The molecule has 0 heterocycles. The monoisotopic (exact) mass is 251 g/mol. The number of rotatable bonds is 5. The molecule has 0 aliphatic carbocycles. The number of thioether (sulfide) groups is 1. The molecule has 0 aliphatic heterocycles. The lowest BCUT2D eigenvalue weighted by molar-refractivity contribution is -0.118. The van der Waals surface area contributed by atoms with E-state index in [-0.39, 0.29) is 5.91 Å². The Bertz CT molecular complexity index is 388. The van der Waals surface area contributed by atoms with E-state index in [0.717, 1.165) is 6.54 Å². The van der Waals surface area contributed by atoms with Crippen molar-refractivity contribution >= 4 is 17.7 Å². The molecule has 1 amide bonds. The summed E-state index contributed by atoms with van der Waals surface area (Å²) < 4.78 is 0. The van der Waals surface area contributed by atoms with Gasteiger partial charge in [0, 0.05) is 11.4 Å². The topological polar surface area (TPSA) is 29.1 Å². The molecule has 0 fully saturated rings. The van der Waals surface area contributed by atoms with Crippen molar-refractivity contribution in [2.24, 2.45) is 5.92 Å². The average molecular weight is 251 g/mol. The highest BCUT2D eigenvalue weighted by molar-refractivity contribution is 8.00. The number of benzene rings is 1. The molecule has 1 aromatic carbocycles. The van der Waals surface area contributed by atoms with Crippen molar-refractivity contribution in [3.05, 3.63) is 29.3 Å². The first-order valence-corrected chi connectivity index (χ1v) is 6.94. The standard InChI is InChI=1S/C14H21NOS/c1-10(2)8-15-14(16)9-17-13-6-5-11(3)7-12(13)4/h5-7,10H,8-9H2,1-4H3,(H,15,16). The Hall–Kier alpha value is -0.960. The molecular weight excluding hydrogens is 230 g/mol. The summed E-state index contributed by atoms with van der Waals surface area (Å²) in [7, 11) is 0. The lowest BCUT2D eigenvalue weighted by Gasteiger charge is -2.09. The van der Waals surface area contributed by atoms with Gasteiger partial charge in [-0.1, -0.05) is 31.5 Å². The Kier molecular flexibility index (Phi) is 5.56. The van der Waals surface area contributed by atoms with E-state index in [1.807, 2.05) is 0 Å². The van der Waals surface area contributed by atoms with Gasteiger partial charge in [-0.25, -0.2) is 0 Å². The van der Waals surface area contributed by atoms with Crippen LogP contribution in [-0.2, 0) is 4.79 Å². The van der Waals surface area contributed by atoms with Crippen LogP contribution in [0.25, 0.3) is 0 Å². The van der Waals surface area contributed by atoms with Crippen LogP contribution in [0.3, 0.4) is 0 Å². The van der Waals surface area contributed by atoms with Gasteiger partial charge in [0.25, 0.3) is 0 Å². The van der Waals surface area contributed by atoms with E-state index in [0.29, 0.717) is 11.7 Å². The van der Waals surface area contributed by atoms with E-state index in [2.05, 4.69) is 51.2 Å². The molecule has 1 N–H and O–H groups in total. The van der Waals surface area contributed by atoms with Crippen molar-refractivity contribution < 1.29 is 4.79 Å². The predicted octanol–water partition coefficient (Wildman–Crippen LogP) is 3.17. The normalized spacial score (nSPS) is 10.6. The van der Waals surface area contributed by atoms with Crippen LogP contribution < -0.4 is 5.32 Å². The van der Waals surface area contributed by atoms with Crippen LogP contribution >= 0.6 is 11.8 Å². The molecular formula is C14H21NOS. The number of aryl methyl sites for hydroxylation is 2. The molecule has 0 unspecified atom stereocenters. The second-order valence-corrected chi connectivity index (χ2v) is 5.77. The quantitative estimate of drug-likeness (QED) is 0.814. The zero-order chi connectivity index (χ0) is 12.8. The van der Waals surface area contributed by atoms with Crippen molar-refractivity contribution in [3.63, 3.8) is 0 Å². The number of hydrogen-bond donors (Lipinski definition) is 1. The lowest BCUT2D eigenvalue weighted by atomic mass is 10.2. The van der Waals surface area contributed by atoms with Crippen LogP contribution in [0.5, 0.6) is 0 Å². The predicted molar refractivity (Wildman–Crippen MR) is 74.5 cm³/mol. The van der Waals surface area contributed by atoms with Gasteiger partial charge in [0.05, 0.1) is 5.75 Å². The highest BCUT2D eigenvalue weighted by Crippen LogP contribution is 2.22. The minimum atomic E-state index is 0.115. The van der Waals surface area contributed by atoms with E-state index in [4.69, 9.17) is 0 Å². The summed E-state index contributed by atoms with van der Waals surface area (Å²) in [5, 5.41) is 2.92. The summed E-state index contributed by atoms with van der Waals surface area (Å²) in [6.07, 6.45) is 0. The number of carbonyl (C=O) groups is 1. The molecule has 0 atom stereocenters. The van der Waals surface area contributed by atoms with Crippen molar-refractivity contribution in [1.82, 2.24) is 5.32 Å². The van der Waals surface area contributed by atoms with Crippen molar-refractivity contribution in [3.8, 4) is 0 Å². The summed E-state index contributed by atoms with van der Waals surface area (Å²) in [5.41, 5.74) is 2.50. The molecule has 0 saturated carbocycles. The summed E-state index contributed by atoms with van der Waals surface area (Å²) in [5.74, 6) is 1.12. The SMILES string of the molecule is Cc1ccc(SCC(=O)NCC(C)C)c(C)c1. The summed E-state index contributed by atoms with van der Waals surface area (Å²) in [6, 6.07) is 6.32. The van der Waals surface area contributed by atoms with E-state index >= 15 is 0 Å². The van der Waals surface area contributed by atoms with Gasteiger partial charge >= 0.3 is 0 Å². The van der Waals surface area contributed by atoms with E-state index in [9.17, 15) is 4.79 Å². The van der Waals surface area contributed by atoms with E-state index in [1.54, 1.807) is 11.8 Å². The molecule has 0 bridgehead atoms.